The molecular weight excluding hydrogens is 290 g/mol. The molecule has 23 heavy (non-hydrogen) atoms. The van der Waals surface area contributed by atoms with E-state index in [1.54, 1.807) is 12.1 Å². The highest BCUT2D eigenvalue weighted by Gasteiger charge is 2.22. The SMILES string of the molecule is CCN(C(=O)Cc1c(C)noc1C)[C@H](C)c1ccc(C#N)cc1. The molecule has 0 fully saturated rings. The highest BCUT2D eigenvalue weighted by molar-refractivity contribution is 5.79. The zero-order valence-electron chi connectivity index (χ0n) is 14.0. The standard InChI is InChI=1S/C18H21N3O2/c1-5-21(13(3)16-8-6-15(11-19)7-9-16)18(22)10-17-12(2)20-23-14(17)4/h6-9,13H,5,10H2,1-4H3/t13-/m1/s1. The van der Waals surface area contributed by atoms with Crippen LogP contribution in [0.25, 0.3) is 0 Å². The van der Waals surface area contributed by atoms with Gasteiger partial charge >= 0.3 is 0 Å². The topological polar surface area (TPSA) is 70.1 Å². The Balaban J connectivity index is 2.17. The van der Waals surface area contributed by atoms with E-state index < -0.39 is 0 Å². The number of nitrogens with zero attached hydrogens (tertiary/aromatic N) is 3. The van der Waals surface area contributed by atoms with Crippen molar-refractivity contribution in [3.63, 3.8) is 0 Å². The molecule has 120 valence electrons. The lowest BCUT2D eigenvalue weighted by atomic mass is 10.0. The van der Waals surface area contributed by atoms with Crippen molar-refractivity contribution in [1.29, 1.82) is 5.26 Å². The van der Waals surface area contributed by atoms with E-state index >= 15 is 0 Å². The molecular formula is C18H21N3O2. The summed E-state index contributed by atoms with van der Waals surface area (Å²) in [5, 5.41) is 12.8. The number of amides is 1. The smallest absolute Gasteiger partial charge is 0.227 e. The van der Waals surface area contributed by atoms with Crippen molar-refractivity contribution in [2.24, 2.45) is 0 Å². The van der Waals surface area contributed by atoms with Crippen LogP contribution in [-0.2, 0) is 11.2 Å². The Labute approximate surface area is 136 Å². The molecule has 0 spiro atoms. The quantitative estimate of drug-likeness (QED) is 0.849. The molecule has 0 aliphatic rings. The van der Waals surface area contributed by atoms with Crippen LogP contribution in [-0.4, -0.2) is 22.5 Å². The summed E-state index contributed by atoms with van der Waals surface area (Å²) in [4.78, 5) is 14.5. The summed E-state index contributed by atoms with van der Waals surface area (Å²) in [5.41, 5.74) is 3.25. The van der Waals surface area contributed by atoms with Crippen molar-refractivity contribution >= 4 is 5.91 Å². The van der Waals surface area contributed by atoms with Gasteiger partial charge in [0, 0.05) is 12.1 Å². The predicted octanol–water partition coefficient (Wildman–Crippen LogP) is 3.32. The second-order valence-corrected chi connectivity index (χ2v) is 5.57. The lowest BCUT2D eigenvalue weighted by molar-refractivity contribution is -0.132. The minimum Gasteiger partial charge on any atom is -0.361 e. The number of carbonyl (C=O) groups is 1. The monoisotopic (exact) mass is 311 g/mol. The summed E-state index contributed by atoms with van der Waals surface area (Å²) in [7, 11) is 0. The Hall–Kier alpha value is -2.61. The lowest BCUT2D eigenvalue weighted by Crippen LogP contribution is -2.34. The first kappa shape index (κ1) is 16.8. The summed E-state index contributed by atoms with van der Waals surface area (Å²) in [6.07, 6.45) is 0.287. The van der Waals surface area contributed by atoms with Crippen molar-refractivity contribution in [3.05, 3.63) is 52.4 Å². The van der Waals surface area contributed by atoms with Crippen LogP contribution in [0.15, 0.2) is 28.8 Å². The van der Waals surface area contributed by atoms with Gasteiger partial charge in [-0.05, 0) is 45.4 Å². The Morgan fingerprint density at radius 3 is 2.48 bits per heavy atom. The van der Waals surface area contributed by atoms with Crippen LogP contribution in [0.4, 0.5) is 0 Å². The highest BCUT2D eigenvalue weighted by Crippen LogP contribution is 2.22. The molecule has 0 bridgehead atoms. The van der Waals surface area contributed by atoms with Crippen LogP contribution in [0, 0.1) is 25.2 Å². The Bertz CT molecular complexity index is 706. The van der Waals surface area contributed by atoms with E-state index in [9.17, 15) is 4.79 Å². The lowest BCUT2D eigenvalue weighted by Gasteiger charge is -2.28. The molecule has 0 radical (unpaired) electrons. The fourth-order valence-corrected chi connectivity index (χ4v) is 2.69. The number of nitriles is 1. The Morgan fingerprint density at radius 2 is 2.00 bits per heavy atom. The molecule has 1 atom stereocenters. The highest BCUT2D eigenvalue weighted by atomic mass is 16.5. The van der Waals surface area contributed by atoms with E-state index in [0.717, 1.165) is 16.8 Å². The maximum Gasteiger partial charge on any atom is 0.227 e. The number of benzene rings is 1. The van der Waals surface area contributed by atoms with E-state index in [1.807, 2.05) is 44.7 Å². The third-order valence-corrected chi connectivity index (χ3v) is 4.16. The van der Waals surface area contributed by atoms with E-state index in [4.69, 9.17) is 9.78 Å². The zero-order chi connectivity index (χ0) is 17.0. The van der Waals surface area contributed by atoms with Gasteiger partial charge in [-0.15, -0.1) is 0 Å². The van der Waals surface area contributed by atoms with Gasteiger partial charge in [0.15, 0.2) is 0 Å². The molecule has 2 aromatic rings. The van der Waals surface area contributed by atoms with Crippen molar-refractivity contribution in [3.8, 4) is 6.07 Å². The average molecular weight is 311 g/mol. The first-order valence-corrected chi connectivity index (χ1v) is 7.69. The van der Waals surface area contributed by atoms with Crippen molar-refractivity contribution < 1.29 is 9.32 Å². The summed E-state index contributed by atoms with van der Waals surface area (Å²) >= 11 is 0. The predicted molar refractivity (Wildman–Crippen MR) is 86.6 cm³/mol. The number of hydrogen-bond donors (Lipinski definition) is 0. The fourth-order valence-electron chi connectivity index (χ4n) is 2.69. The summed E-state index contributed by atoms with van der Waals surface area (Å²) in [6, 6.07) is 9.40. The van der Waals surface area contributed by atoms with Crippen LogP contribution < -0.4 is 0 Å². The summed E-state index contributed by atoms with van der Waals surface area (Å²) < 4.78 is 5.13. The van der Waals surface area contributed by atoms with Gasteiger partial charge in [-0.2, -0.15) is 5.26 Å². The molecule has 0 aliphatic carbocycles. The van der Waals surface area contributed by atoms with Gasteiger partial charge in [0.05, 0.1) is 29.8 Å². The van der Waals surface area contributed by atoms with E-state index in [2.05, 4.69) is 11.2 Å². The maximum atomic E-state index is 12.7. The van der Waals surface area contributed by atoms with E-state index in [1.165, 1.54) is 0 Å². The molecule has 0 aliphatic heterocycles. The van der Waals surface area contributed by atoms with Crippen LogP contribution in [0.5, 0.6) is 0 Å². The average Bonchev–Trinajstić information content (AvgIpc) is 2.87. The normalized spacial score (nSPS) is 11.8. The van der Waals surface area contributed by atoms with Crippen molar-refractivity contribution in [1.82, 2.24) is 10.1 Å². The first-order valence-electron chi connectivity index (χ1n) is 7.69. The van der Waals surface area contributed by atoms with Crippen LogP contribution in [0.1, 0.15) is 48.0 Å². The third kappa shape index (κ3) is 3.59. The van der Waals surface area contributed by atoms with Gasteiger partial charge in [-0.1, -0.05) is 17.3 Å². The molecule has 1 heterocycles. The van der Waals surface area contributed by atoms with E-state index in [-0.39, 0.29) is 18.4 Å². The van der Waals surface area contributed by atoms with Crippen molar-refractivity contribution in [2.75, 3.05) is 6.54 Å². The first-order chi connectivity index (χ1) is 11.0. The number of aryl methyl sites for hydroxylation is 2. The molecule has 2 rings (SSSR count). The van der Waals surface area contributed by atoms with Gasteiger partial charge in [-0.3, -0.25) is 4.79 Å². The van der Waals surface area contributed by atoms with Crippen LogP contribution >= 0.6 is 0 Å². The molecule has 1 amide bonds. The second-order valence-electron chi connectivity index (χ2n) is 5.57. The Morgan fingerprint density at radius 1 is 1.35 bits per heavy atom. The third-order valence-electron chi connectivity index (χ3n) is 4.16. The number of aromatic nitrogens is 1. The van der Waals surface area contributed by atoms with Crippen LogP contribution in [0.2, 0.25) is 0 Å². The largest absolute Gasteiger partial charge is 0.361 e. The second kappa shape index (κ2) is 7.10. The molecule has 0 N–H and O–H groups in total. The summed E-state index contributed by atoms with van der Waals surface area (Å²) in [6.45, 7) is 8.24. The van der Waals surface area contributed by atoms with Gasteiger partial charge < -0.3 is 9.42 Å². The number of hydrogen-bond acceptors (Lipinski definition) is 4. The molecule has 1 aromatic carbocycles. The van der Waals surface area contributed by atoms with E-state index in [0.29, 0.717) is 17.9 Å². The van der Waals surface area contributed by atoms with Gasteiger partial charge in [0.1, 0.15) is 5.76 Å². The molecule has 5 heteroatoms. The van der Waals surface area contributed by atoms with Crippen LogP contribution in [0.3, 0.4) is 0 Å². The van der Waals surface area contributed by atoms with Gasteiger partial charge in [0.2, 0.25) is 5.91 Å². The van der Waals surface area contributed by atoms with Gasteiger partial charge in [-0.25, -0.2) is 0 Å². The van der Waals surface area contributed by atoms with Gasteiger partial charge in [0.25, 0.3) is 0 Å². The molecule has 1 aromatic heterocycles. The molecule has 0 saturated carbocycles. The zero-order valence-corrected chi connectivity index (χ0v) is 14.0. The molecule has 0 saturated heterocycles. The van der Waals surface area contributed by atoms with Crippen molar-refractivity contribution in [2.45, 2.75) is 40.2 Å². The maximum absolute atomic E-state index is 12.7. The Kier molecular flexibility index (Phi) is 5.17. The fraction of sp³-hybridized carbons (Fsp3) is 0.389. The molecule has 5 nitrogen and oxygen atoms in total. The minimum absolute atomic E-state index is 0.0405. The number of carbonyl (C=O) groups excluding carboxylic acids is 1. The molecule has 0 unspecified atom stereocenters. The summed E-state index contributed by atoms with van der Waals surface area (Å²) in [5.74, 6) is 0.733. The number of rotatable bonds is 5. The minimum atomic E-state index is -0.0549. The number of likely N-dealkylation sites (N-methyl/N-ethyl adjacent to an activating group) is 1.